The summed E-state index contributed by atoms with van der Waals surface area (Å²) in [6.07, 6.45) is -2.79. The predicted molar refractivity (Wildman–Crippen MR) is 76.1 cm³/mol. The molecule has 0 amide bonds. The zero-order chi connectivity index (χ0) is 15.9. The Morgan fingerprint density at radius 3 is 2.59 bits per heavy atom. The number of alkyl halides is 3. The predicted octanol–water partition coefficient (Wildman–Crippen LogP) is 4.25. The number of ketones is 1. The molecule has 2 aromatic carbocycles. The summed E-state index contributed by atoms with van der Waals surface area (Å²) in [6, 6.07) is 9.94. The summed E-state index contributed by atoms with van der Waals surface area (Å²) in [5, 5.41) is 4.94. The number of hydrogen-bond donors (Lipinski definition) is 0. The number of aromatic nitrogens is 2. The van der Waals surface area contributed by atoms with Crippen LogP contribution in [0.15, 0.2) is 48.7 Å². The van der Waals surface area contributed by atoms with E-state index in [0.29, 0.717) is 22.2 Å². The van der Waals surface area contributed by atoms with Crippen LogP contribution >= 0.6 is 0 Å². The fraction of sp³-hybridized carbons (Fsp3) is 0.125. The van der Waals surface area contributed by atoms with Gasteiger partial charge in [0.05, 0.1) is 16.8 Å². The molecule has 0 spiro atoms. The Kier molecular flexibility index (Phi) is 3.24. The molecule has 0 bridgehead atoms. The first-order valence-electron chi connectivity index (χ1n) is 6.52. The molecule has 0 N–H and O–H groups in total. The fourth-order valence-electron chi connectivity index (χ4n) is 2.20. The molecular formula is C16H11F3N2O. The zero-order valence-electron chi connectivity index (χ0n) is 11.6. The summed E-state index contributed by atoms with van der Waals surface area (Å²) in [4.78, 5) is 11.4. The van der Waals surface area contributed by atoms with E-state index >= 15 is 0 Å². The number of fused-ring (bicyclic) bond motifs is 1. The van der Waals surface area contributed by atoms with Gasteiger partial charge in [-0.3, -0.25) is 4.79 Å². The summed E-state index contributed by atoms with van der Waals surface area (Å²) in [6.45, 7) is 1.46. The number of halogens is 3. The van der Waals surface area contributed by atoms with Crippen molar-refractivity contribution in [3.05, 3.63) is 59.8 Å². The van der Waals surface area contributed by atoms with Crippen molar-refractivity contribution in [2.45, 2.75) is 13.1 Å². The second-order valence-corrected chi connectivity index (χ2v) is 4.95. The lowest BCUT2D eigenvalue weighted by molar-refractivity contribution is -0.137. The molecule has 0 aliphatic carbocycles. The summed E-state index contributed by atoms with van der Waals surface area (Å²) in [5.41, 5.74) is 0.739. The minimum absolute atomic E-state index is 0.0753. The molecule has 112 valence electrons. The first-order valence-corrected chi connectivity index (χ1v) is 6.52. The first kappa shape index (κ1) is 14.3. The van der Waals surface area contributed by atoms with E-state index in [0.717, 1.165) is 12.1 Å². The Hall–Kier alpha value is -2.63. The monoisotopic (exact) mass is 304 g/mol. The molecule has 0 atom stereocenters. The fourth-order valence-corrected chi connectivity index (χ4v) is 2.20. The highest BCUT2D eigenvalue weighted by molar-refractivity contribution is 5.97. The molecule has 0 aliphatic heterocycles. The van der Waals surface area contributed by atoms with Gasteiger partial charge in [0.25, 0.3) is 0 Å². The van der Waals surface area contributed by atoms with Crippen molar-refractivity contribution in [2.24, 2.45) is 0 Å². The number of nitrogens with zero attached hydrogens (tertiary/aromatic N) is 2. The highest BCUT2D eigenvalue weighted by Crippen LogP contribution is 2.30. The maximum absolute atomic E-state index is 12.8. The molecule has 0 aliphatic rings. The van der Waals surface area contributed by atoms with Gasteiger partial charge in [-0.2, -0.15) is 18.3 Å². The van der Waals surface area contributed by atoms with Crippen LogP contribution in [0.4, 0.5) is 13.2 Å². The minimum atomic E-state index is -4.40. The Bertz CT molecular complexity index is 865. The van der Waals surface area contributed by atoms with E-state index in [4.69, 9.17) is 0 Å². The number of carbonyl (C=O) groups excluding carboxylic acids is 1. The van der Waals surface area contributed by atoms with Gasteiger partial charge >= 0.3 is 6.18 Å². The van der Waals surface area contributed by atoms with Crippen LogP contribution in [0.5, 0.6) is 0 Å². The maximum atomic E-state index is 12.8. The van der Waals surface area contributed by atoms with Crippen LogP contribution in [0, 0.1) is 0 Å². The topological polar surface area (TPSA) is 34.9 Å². The number of benzene rings is 2. The zero-order valence-corrected chi connectivity index (χ0v) is 11.6. The molecule has 6 heteroatoms. The molecule has 0 radical (unpaired) electrons. The maximum Gasteiger partial charge on any atom is 0.416 e. The van der Waals surface area contributed by atoms with Gasteiger partial charge in [0.15, 0.2) is 5.78 Å². The standard InChI is InChI=1S/C16H11F3N2O/c1-10(22)11-5-6-15-12(7-11)9-21(20-15)14-4-2-3-13(8-14)16(17,18)19/h2-9H,1H3. The Balaban J connectivity index is 2.09. The van der Waals surface area contributed by atoms with Gasteiger partial charge in [-0.05, 0) is 43.3 Å². The third-order valence-electron chi connectivity index (χ3n) is 3.35. The van der Waals surface area contributed by atoms with Gasteiger partial charge in [0.2, 0.25) is 0 Å². The minimum Gasteiger partial charge on any atom is -0.295 e. The quantitative estimate of drug-likeness (QED) is 0.663. The van der Waals surface area contributed by atoms with E-state index in [-0.39, 0.29) is 5.78 Å². The van der Waals surface area contributed by atoms with Crippen LogP contribution in [-0.2, 0) is 6.18 Å². The Morgan fingerprint density at radius 2 is 1.91 bits per heavy atom. The van der Waals surface area contributed by atoms with Gasteiger partial charge in [0, 0.05) is 17.1 Å². The number of Topliss-reactive ketones (excluding diaryl/α,β-unsaturated/α-hetero) is 1. The van der Waals surface area contributed by atoms with Crippen molar-refractivity contribution in [1.82, 2.24) is 9.78 Å². The summed E-state index contributed by atoms with van der Waals surface area (Å²) in [5.74, 6) is -0.0753. The highest BCUT2D eigenvalue weighted by Gasteiger charge is 2.30. The second kappa shape index (κ2) is 4.98. The van der Waals surface area contributed by atoms with Crippen LogP contribution in [0.3, 0.4) is 0 Å². The van der Waals surface area contributed by atoms with Crippen molar-refractivity contribution in [3.63, 3.8) is 0 Å². The van der Waals surface area contributed by atoms with E-state index < -0.39 is 11.7 Å². The smallest absolute Gasteiger partial charge is 0.295 e. The molecule has 0 unspecified atom stereocenters. The van der Waals surface area contributed by atoms with E-state index in [2.05, 4.69) is 5.10 Å². The molecule has 1 heterocycles. The third kappa shape index (κ3) is 2.59. The van der Waals surface area contributed by atoms with Gasteiger partial charge in [-0.1, -0.05) is 6.07 Å². The third-order valence-corrected chi connectivity index (χ3v) is 3.35. The normalized spacial score (nSPS) is 11.8. The van der Waals surface area contributed by atoms with Gasteiger partial charge in [-0.15, -0.1) is 0 Å². The SMILES string of the molecule is CC(=O)c1ccc2nn(-c3cccc(C(F)(F)F)c3)cc2c1. The van der Waals surface area contributed by atoms with Crippen molar-refractivity contribution in [2.75, 3.05) is 0 Å². The molecule has 0 saturated carbocycles. The second-order valence-electron chi connectivity index (χ2n) is 4.95. The Morgan fingerprint density at radius 1 is 1.14 bits per heavy atom. The first-order chi connectivity index (χ1) is 10.3. The van der Waals surface area contributed by atoms with Gasteiger partial charge in [0.1, 0.15) is 0 Å². The highest BCUT2D eigenvalue weighted by atomic mass is 19.4. The summed E-state index contributed by atoms with van der Waals surface area (Å²) >= 11 is 0. The van der Waals surface area contributed by atoms with E-state index in [1.165, 1.54) is 17.7 Å². The van der Waals surface area contributed by atoms with E-state index in [1.807, 2.05) is 0 Å². The van der Waals surface area contributed by atoms with Crippen LogP contribution < -0.4 is 0 Å². The average Bonchev–Trinajstić information content (AvgIpc) is 2.89. The van der Waals surface area contributed by atoms with Crippen LogP contribution in [-0.4, -0.2) is 15.6 Å². The van der Waals surface area contributed by atoms with E-state index in [1.54, 1.807) is 30.5 Å². The molecule has 3 nitrogen and oxygen atoms in total. The molecule has 3 aromatic rings. The van der Waals surface area contributed by atoms with Crippen molar-refractivity contribution < 1.29 is 18.0 Å². The summed E-state index contributed by atoms with van der Waals surface area (Å²) in [7, 11) is 0. The lowest BCUT2D eigenvalue weighted by atomic mass is 10.1. The van der Waals surface area contributed by atoms with E-state index in [9.17, 15) is 18.0 Å². The number of hydrogen-bond acceptors (Lipinski definition) is 2. The molecular weight excluding hydrogens is 293 g/mol. The lowest BCUT2D eigenvalue weighted by Gasteiger charge is -2.08. The van der Waals surface area contributed by atoms with Gasteiger partial charge in [-0.25, -0.2) is 4.68 Å². The van der Waals surface area contributed by atoms with Crippen LogP contribution in [0.25, 0.3) is 16.6 Å². The number of rotatable bonds is 2. The van der Waals surface area contributed by atoms with Crippen LogP contribution in [0.1, 0.15) is 22.8 Å². The molecule has 22 heavy (non-hydrogen) atoms. The number of carbonyl (C=O) groups is 1. The molecule has 0 saturated heterocycles. The average molecular weight is 304 g/mol. The molecule has 0 fully saturated rings. The van der Waals surface area contributed by atoms with Crippen molar-refractivity contribution >= 4 is 16.7 Å². The summed E-state index contributed by atoms with van der Waals surface area (Å²) < 4.78 is 39.7. The van der Waals surface area contributed by atoms with Crippen molar-refractivity contribution in [3.8, 4) is 5.69 Å². The van der Waals surface area contributed by atoms with Crippen molar-refractivity contribution in [1.29, 1.82) is 0 Å². The molecule has 3 rings (SSSR count). The Labute approximate surface area is 124 Å². The van der Waals surface area contributed by atoms with Crippen LogP contribution in [0.2, 0.25) is 0 Å². The van der Waals surface area contributed by atoms with Gasteiger partial charge < -0.3 is 0 Å². The largest absolute Gasteiger partial charge is 0.416 e. The lowest BCUT2D eigenvalue weighted by Crippen LogP contribution is -2.06. The molecule has 1 aromatic heterocycles.